The molecule has 4 aliphatic carbocycles. The molecule has 3 fully saturated rings. The molecule has 2 amide bonds. The molecule has 1 aliphatic heterocycles. The smallest absolute Gasteiger partial charge is 0.238 e. The Morgan fingerprint density at radius 2 is 1.57 bits per heavy atom. The number of anilines is 1. The van der Waals surface area contributed by atoms with Gasteiger partial charge in [-0.25, -0.2) is 4.90 Å². The summed E-state index contributed by atoms with van der Waals surface area (Å²) in [5.74, 6) is 1.29. The number of benzene rings is 2. The second-order valence-electron chi connectivity index (χ2n) is 8.74. The molecule has 2 aromatic rings. The van der Waals surface area contributed by atoms with Gasteiger partial charge in [-0.05, 0) is 42.2 Å². The van der Waals surface area contributed by atoms with Crippen molar-refractivity contribution in [1.82, 2.24) is 0 Å². The van der Waals surface area contributed by atoms with E-state index in [1.807, 2.05) is 18.2 Å². The van der Waals surface area contributed by atoms with E-state index in [0.717, 1.165) is 6.42 Å². The number of hydrogen-bond acceptors (Lipinski definition) is 4. The van der Waals surface area contributed by atoms with Crippen molar-refractivity contribution < 1.29 is 19.1 Å². The highest BCUT2D eigenvalue weighted by molar-refractivity contribution is 6.22. The first-order chi connectivity index (χ1) is 14.6. The number of ketones is 1. The lowest BCUT2D eigenvalue weighted by molar-refractivity contribution is -0.124. The zero-order valence-electron chi connectivity index (χ0n) is 16.3. The van der Waals surface area contributed by atoms with Crippen molar-refractivity contribution in [2.24, 2.45) is 35.5 Å². The van der Waals surface area contributed by atoms with Gasteiger partial charge in [0.05, 0.1) is 17.5 Å². The van der Waals surface area contributed by atoms with E-state index in [1.165, 1.54) is 4.90 Å². The van der Waals surface area contributed by atoms with Gasteiger partial charge < -0.3 is 4.74 Å². The molecule has 0 unspecified atom stereocenters. The molecule has 0 radical (unpaired) electrons. The summed E-state index contributed by atoms with van der Waals surface area (Å²) in [4.78, 5) is 40.1. The van der Waals surface area contributed by atoms with E-state index in [0.29, 0.717) is 28.8 Å². The van der Waals surface area contributed by atoms with Crippen LogP contribution in [0.4, 0.5) is 5.69 Å². The number of carbonyl (C=O) groups is 3. The molecular weight excluding hydrogens is 378 g/mol. The Morgan fingerprint density at radius 1 is 0.900 bits per heavy atom. The number of carbonyl (C=O) groups excluding carboxylic acids is 3. The number of rotatable bonds is 5. The molecule has 2 bridgehead atoms. The van der Waals surface area contributed by atoms with Gasteiger partial charge in [0, 0.05) is 11.6 Å². The zero-order chi connectivity index (χ0) is 20.4. The number of hydrogen-bond donors (Lipinski definition) is 0. The Balaban J connectivity index is 1.22. The van der Waals surface area contributed by atoms with E-state index in [9.17, 15) is 14.4 Å². The maximum Gasteiger partial charge on any atom is 0.238 e. The second kappa shape index (κ2) is 6.39. The van der Waals surface area contributed by atoms with E-state index in [4.69, 9.17) is 4.74 Å². The minimum atomic E-state index is -0.222. The monoisotopic (exact) mass is 399 g/mol. The molecule has 2 saturated carbocycles. The van der Waals surface area contributed by atoms with Crippen LogP contribution in [-0.4, -0.2) is 24.2 Å². The number of ether oxygens (including phenoxy) is 1. The number of amides is 2. The van der Waals surface area contributed by atoms with Gasteiger partial charge in [-0.1, -0.05) is 48.6 Å². The number of nitrogens with zero attached hydrogens (tertiary/aromatic N) is 1. The molecule has 5 aliphatic rings. The Hall–Kier alpha value is -3.21. The minimum absolute atomic E-state index is 0.0905. The molecule has 5 nitrogen and oxygen atoms in total. The fourth-order valence-corrected chi connectivity index (χ4v) is 5.78. The Kier molecular flexibility index (Phi) is 3.76. The first kappa shape index (κ1) is 17.6. The first-order valence-electron chi connectivity index (χ1n) is 10.5. The molecule has 0 N–H and O–H groups in total. The average Bonchev–Trinajstić information content (AvgIpc) is 3.56. The van der Waals surface area contributed by atoms with Crippen molar-refractivity contribution >= 4 is 23.3 Å². The lowest BCUT2D eigenvalue weighted by atomic mass is 9.63. The molecule has 1 heterocycles. The summed E-state index contributed by atoms with van der Waals surface area (Å²) in [5, 5.41) is 0. The third-order valence-electron chi connectivity index (χ3n) is 7.20. The lowest BCUT2D eigenvalue weighted by Gasteiger charge is -2.37. The van der Waals surface area contributed by atoms with Crippen LogP contribution < -0.4 is 9.64 Å². The van der Waals surface area contributed by atoms with Crippen molar-refractivity contribution in [2.45, 2.75) is 6.42 Å². The Bertz CT molecular complexity index is 1060. The fourth-order valence-electron chi connectivity index (χ4n) is 5.78. The van der Waals surface area contributed by atoms with Gasteiger partial charge >= 0.3 is 0 Å². The fraction of sp³-hybridized carbons (Fsp3) is 0.320. The van der Waals surface area contributed by atoms with Crippen LogP contribution in [0.5, 0.6) is 5.75 Å². The Morgan fingerprint density at radius 3 is 2.23 bits per heavy atom. The van der Waals surface area contributed by atoms with Crippen LogP contribution in [0.25, 0.3) is 0 Å². The molecule has 0 aromatic heterocycles. The SMILES string of the molecule is O=C(COc1cccc(N2C(=O)[C@H]3[C@@H]4C=C[C@H]([C@H]5C[C@H]45)[C@@H]3C2=O)c1)c1ccccc1. The zero-order valence-corrected chi connectivity index (χ0v) is 16.3. The summed E-state index contributed by atoms with van der Waals surface area (Å²) in [6, 6.07) is 15.9. The predicted octanol–water partition coefficient (Wildman–Crippen LogP) is 3.51. The van der Waals surface area contributed by atoms with Crippen molar-refractivity contribution in [2.75, 3.05) is 11.5 Å². The van der Waals surface area contributed by atoms with Crippen LogP contribution in [0.15, 0.2) is 66.7 Å². The van der Waals surface area contributed by atoms with Gasteiger partial charge in [0.15, 0.2) is 12.4 Å². The number of imide groups is 1. The maximum atomic E-state index is 13.2. The van der Waals surface area contributed by atoms with E-state index in [2.05, 4.69) is 12.2 Å². The molecule has 7 rings (SSSR count). The van der Waals surface area contributed by atoms with Crippen molar-refractivity contribution in [1.29, 1.82) is 0 Å². The van der Waals surface area contributed by atoms with E-state index in [-0.39, 0.29) is 47.9 Å². The highest BCUT2D eigenvalue weighted by Crippen LogP contribution is 2.65. The van der Waals surface area contributed by atoms with E-state index < -0.39 is 0 Å². The van der Waals surface area contributed by atoms with Gasteiger partial charge in [-0.15, -0.1) is 0 Å². The van der Waals surface area contributed by atoms with Gasteiger partial charge in [-0.3, -0.25) is 14.4 Å². The molecule has 150 valence electrons. The minimum Gasteiger partial charge on any atom is -0.485 e. The highest BCUT2D eigenvalue weighted by Gasteiger charge is 2.67. The number of allylic oxidation sites excluding steroid dienone is 2. The maximum absolute atomic E-state index is 13.2. The summed E-state index contributed by atoms with van der Waals surface area (Å²) >= 11 is 0. The molecule has 2 aromatic carbocycles. The van der Waals surface area contributed by atoms with Crippen molar-refractivity contribution in [3.05, 3.63) is 72.3 Å². The summed E-state index contributed by atoms with van der Waals surface area (Å²) < 4.78 is 5.68. The standard InChI is InChI=1S/C25H21NO4/c27-21(14-5-2-1-3-6-14)13-30-16-8-4-7-15(11-16)26-24(28)22-17-9-10-18(20-12-19(17)20)23(22)25(26)29/h1-11,17-20,22-23H,12-13H2/t17-,18-,19-,20-,22+,23+/m1/s1. The third kappa shape index (κ3) is 2.51. The molecule has 5 heteroatoms. The summed E-state index contributed by atoms with van der Waals surface area (Å²) in [7, 11) is 0. The Labute approximate surface area is 174 Å². The van der Waals surface area contributed by atoms with Crippen molar-refractivity contribution in [3.8, 4) is 5.75 Å². The second-order valence-corrected chi connectivity index (χ2v) is 8.74. The van der Waals surface area contributed by atoms with Crippen LogP contribution in [-0.2, 0) is 9.59 Å². The average molecular weight is 399 g/mol. The molecule has 6 atom stereocenters. The molecule has 0 spiro atoms. The van der Waals surface area contributed by atoms with Crippen molar-refractivity contribution in [3.63, 3.8) is 0 Å². The van der Waals surface area contributed by atoms with Crippen LogP contribution >= 0.6 is 0 Å². The van der Waals surface area contributed by atoms with E-state index >= 15 is 0 Å². The van der Waals surface area contributed by atoms with Crippen LogP contribution in [0.3, 0.4) is 0 Å². The van der Waals surface area contributed by atoms with Gasteiger partial charge in [-0.2, -0.15) is 0 Å². The van der Waals surface area contributed by atoms with Crippen LogP contribution in [0.1, 0.15) is 16.8 Å². The number of Topliss-reactive ketones (excluding diaryl/α,β-unsaturated/α-hetero) is 1. The largest absolute Gasteiger partial charge is 0.485 e. The van der Waals surface area contributed by atoms with Crippen LogP contribution in [0, 0.1) is 35.5 Å². The predicted molar refractivity (Wildman–Crippen MR) is 110 cm³/mol. The topological polar surface area (TPSA) is 63.7 Å². The van der Waals surface area contributed by atoms with Crippen LogP contribution in [0.2, 0.25) is 0 Å². The third-order valence-corrected chi connectivity index (χ3v) is 7.20. The van der Waals surface area contributed by atoms with Gasteiger partial charge in [0.2, 0.25) is 11.8 Å². The lowest BCUT2D eigenvalue weighted by Crippen LogP contribution is -2.40. The molecular formula is C25H21NO4. The quantitative estimate of drug-likeness (QED) is 0.439. The summed E-state index contributed by atoms with van der Waals surface area (Å²) in [6.07, 6.45) is 5.49. The molecule has 30 heavy (non-hydrogen) atoms. The van der Waals surface area contributed by atoms with Gasteiger partial charge in [0.1, 0.15) is 5.75 Å². The summed E-state index contributed by atoms with van der Waals surface area (Å²) in [5.41, 5.74) is 1.11. The first-order valence-corrected chi connectivity index (χ1v) is 10.5. The molecule has 1 saturated heterocycles. The highest BCUT2D eigenvalue weighted by atomic mass is 16.5. The summed E-state index contributed by atoms with van der Waals surface area (Å²) in [6.45, 7) is -0.0992. The normalized spacial score (nSPS) is 32.7. The van der Waals surface area contributed by atoms with E-state index in [1.54, 1.807) is 36.4 Å². The van der Waals surface area contributed by atoms with Gasteiger partial charge in [0.25, 0.3) is 0 Å².